The van der Waals surface area contributed by atoms with Gasteiger partial charge in [0, 0.05) is 13.5 Å². The monoisotopic (exact) mass is 773 g/mol. The molecule has 0 aliphatic heterocycles. The Morgan fingerprint density at radius 1 is 0.807 bits per heavy atom. The first-order chi connectivity index (χ1) is 27.6. The summed E-state index contributed by atoms with van der Waals surface area (Å²) in [5.41, 5.74) is 12.5. The van der Waals surface area contributed by atoms with Gasteiger partial charge < -0.3 is 20.1 Å². The van der Waals surface area contributed by atoms with E-state index in [-0.39, 0.29) is 24.5 Å². The fourth-order valence-corrected chi connectivity index (χ4v) is 12.7. The van der Waals surface area contributed by atoms with Crippen LogP contribution in [0.5, 0.6) is 5.75 Å². The van der Waals surface area contributed by atoms with Crippen molar-refractivity contribution < 1.29 is 19.1 Å². The van der Waals surface area contributed by atoms with Gasteiger partial charge in [-0.05, 0) is 157 Å². The van der Waals surface area contributed by atoms with Crippen molar-refractivity contribution in [3.8, 4) is 5.75 Å². The van der Waals surface area contributed by atoms with Gasteiger partial charge in [-0.3, -0.25) is 9.59 Å². The van der Waals surface area contributed by atoms with E-state index in [2.05, 4.69) is 113 Å². The van der Waals surface area contributed by atoms with E-state index in [1.165, 1.54) is 72.8 Å². The maximum Gasteiger partial charge on any atom is 0.319 e. The van der Waals surface area contributed by atoms with E-state index in [4.69, 9.17) is 15.2 Å². The third-order valence-corrected chi connectivity index (χ3v) is 15.8. The van der Waals surface area contributed by atoms with E-state index in [0.717, 1.165) is 49.2 Å². The standard InChI is InChI=1S/C51H68N2O4/c1-6-42(36-13-9-7-10-14-36)49(37-15-11-8-12-16-37)38-18-21-40(22-19-38)56-32-31-53(5)47(54)26-17-35(2)44-24-25-45-43-23-20-39-33-41(57-48(55)34-52)27-29-50(39,3)46(43)28-30-51(44,45)4/h7-16,18-19,21-22,35,39,41,43-46H,6,17,20,23-34,52H2,1-5H3/b49-42-/t35-,39-,41-,43+,44-,45+,46+,50+,51-/m1/s1. The molecule has 0 spiro atoms. The predicted octanol–water partition coefficient (Wildman–Crippen LogP) is 10.8. The molecule has 4 fully saturated rings. The molecule has 0 heterocycles. The number of carbonyl (C=O) groups excluding carboxylic acids is 2. The van der Waals surface area contributed by atoms with Crippen LogP contribution in [-0.4, -0.2) is 49.6 Å². The Morgan fingerprint density at radius 3 is 2.14 bits per heavy atom. The molecule has 3 aromatic carbocycles. The van der Waals surface area contributed by atoms with Crippen LogP contribution in [-0.2, 0) is 14.3 Å². The minimum atomic E-state index is -0.257. The van der Waals surface area contributed by atoms with E-state index in [9.17, 15) is 9.59 Å². The third-order valence-electron chi connectivity index (χ3n) is 15.8. The number of esters is 1. The second-order valence-electron chi connectivity index (χ2n) is 18.6. The second kappa shape index (κ2) is 17.9. The van der Waals surface area contributed by atoms with Gasteiger partial charge in [-0.2, -0.15) is 0 Å². The summed E-state index contributed by atoms with van der Waals surface area (Å²) >= 11 is 0. The van der Waals surface area contributed by atoms with Crippen LogP contribution < -0.4 is 10.5 Å². The quantitative estimate of drug-likeness (QED) is 0.130. The zero-order valence-electron chi connectivity index (χ0n) is 35.4. The maximum atomic E-state index is 13.4. The summed E-state index contributed by atoms with van der Waals surface area (Å²) in [6, 6.07) is 29.7. The lowest BCUT2D eigenvalue weighted by molar-refractivity contribution is -0.161. The van der Waals surface area contributed by atoms with E-state index in [1.54, 1.807) is 0 Å². The van der Waals surface area contributed by atoms with Crippen molar-refractivity contribution in [2.24, 2.45) is 52.1 Å². The fraction of sp³-hybridized carbons (Fsp3) is 0.569. The average molecular weight is 773 g/mol. The Kier molecular flexibility index (Phi) is 13.0. The Balaban J connectivity index is 0.896. The van der Waals surface area contributed by atoms with Crippen molar-refractivity contribution in [1.82, 2.24) is 4.90 Å². The lowest BCUT2D eigenvalue weighted by Crippen LogP contribution is -2.54. The number of likely N-dealkylation sites (N-methyl/N-ethyl adjacent to an activating group) is 1. The molecular formula is C51H68N2O4. The summed E-state index contributed by atoms with van der Waals surface area (Å²) in [5.74, 6) is 5.02. The number of nitrogens with two attached hydrogens (primary N) is 1. The minimum absolute atomic E-state index is 0.0236. The summed E-state index contributed by atoms with van der Waals surface area (Å²) in [5, 5.41) is 0. The molecule has 4 saturated carbocycles. The molecule has 9 atom stereocenters. The van der Waals surface area contributed by atoms with Gasteiger partial charge in [0.2, 0.25) is 5.91 Å². The molecule has 6 heteroatoms. The predicted molar refractivity (Wildman–Crippen MR) is 231 cm³/mol. The molecule has 306 valence electrons. The molecule has 0 saturated heterocycles. The lowest BCUT2D eigenvalue weighted by Gasteiger charge is -2.61. The number of fused-ring (bicyclic) bond motifs is 5. The SMILES string of the molecule is CC/C(=C(\c1ccccc1)c1ccc(OCCN(C)C(=O)CC[C@@H](C)[C@H]2CC[C@H]3[C@@H]4CC[C@@H]5C[C@H](OC(=O)CN)CC[C@]5(C)[C@H]4CC[C@]23C)cc1)c1ccccc1. The molecule has 6 nitrogen and oxygen atoms in total. The zero-order chi connectivity index (χ0) is 40.2. The molecule has 0 radical (unpaired) electrons. The number of ether oxygens (including phenoxy) is 2. The van der Waals surface area contributed by atoms with Crippen molar-refractivity contribution in [3.63, 3.8) is 0 Å². The highest BCUT2D eigenvalue weighted by molar-refractivity contribution is 5.98. The van der Waals surface area contributed by atoms with E-state index >= 15 is 0 Å². The summed E-state index contributed by atoms with van der Waals surface area (Å²) in [4.78, 5) is 27.2. The molecular weight excluding hydrogens is 705 g/mol. The number of carbonyl (C=O) groups is 2. The number of hydrogen-bond acceptors (Lipinski definition) is 5. The Morgan fingerprint density at radius 2 is 1.46 bits per heavy atom. The Hall–Kier alpha value is -3.90. The highest BCUT2D eigenvalue weighted by atomic mass is 16.5. The average Bonchev–Trinajstić information content (AvgIpc) is 3.60. The van der Waals surface area contributed by atoms with E-state index in [0.29, 0.717) is 48.2 Å². The molecule has 0 unspecified atom stereocenters. The molecule has 2 N–H and O–H groups in total. The summed E-state index contributed by atoms with van der Waals surface area (Å²) in [6.07, 6.45) is 13.5. The smallest absolute Gasteiger partial charge is 0.319 e. The number of allylic oxidation sites excluding steroid dienone is 1. The number of rotatable bonds is 14. The Labute approximate surface area is 343 Å². The fourth-order valence-electron chi connectivity index (χ4n) is 12.7. The molecule has 0 bridgehead atoms. The number of hydrogen-bond donors (Lipinski definition) is 1. The Bertz CT molecular complexity index is 1840. The molecule has 4 aliphatic rings. The number of amides is 1. The summed E-state index contributed by atoms with van der Waals surface area (Å²) < 4.78 is 11.9. The van der Waals surface area contributed by atoms with Gasteiger partial charge in [0.15, 0.2) is 0 Å². The molecule has 1 amide bonds. The first-order valence-corrected chi connectivity index (χ1v) is 22.3. The maximum absolute atomic E-state index is 13.4. The van der Waals surface area contributed by atoms with Crippen molar-refractivity contribution in [1.29, 1.82) is 0 Å². The van der Waals surface area contributed by atoms with Gasteiger partial charge in [-0.25, -0.2) is 0 Å². The normalized spacial score (nSPS) is 30.2. The minimum Gasteiger partial charge on any atom is -0.492 e. The third kappa shape index (κ3) is 8.63. The first kappa shape index (κ1) is 41.3. The number of nitrogens with zero attached hydrogens (tertiary/aromatic N) is 1. The van der Waals surface area contributed by atoms with Crippen LogP contribution in [0.15, 0.2) is 84.9 Å². The molecule has 3 aromatic rings. The molecule has 57 heavy (non-hydrogen) atoms. The van der Waals surface area contributed by atoms with E-state index < -0.39 is 0 Å². The van der Waals surface area contributed by atoms with Gasteiger partial charge in [-0.15, -0.1) is 0 Å². The van der Waals surface area contributed by atoms with Crippen LogP contribution in [0.2, 0.25) is 0 Å². The van der Waals surface area contributed by atoms with Gasteiger partial charge in [0.25, 0.3) is 0 Å². The lowest BCUT2D eigenvalue weighted by atomic mass is 9.44. The van der Waals surface area contributed by atoms with Crippen LogP contribution in [0.1, 0.15) is 121 Å². The van der Waals surface area contributed by atoms with Gasteiger partial charge in [-0.1, -0.05) is 100 Å². The zero-order valence-corrected chi connectivity index (χ0v) is 35.4. The highest BCUT2D eigenvalue weighted by Crippen LogP contribution is 2.68. The van der Waals surface area contributed by atoms with E-state index in [1.807, 2.05) is 11.9 Å². The topological polar surface area (TPSA) is 81.9 Å². The number of benzene rings is 3. The van der Waals surface area contributed by atoms with Crippen molar-refractivity contribution in [2.45, 2.75) is 111 Å². The van der Waals surface area contributed by atoms with Crippen molar-refractivity contribution in [2.75, 3.05) is 26.7 Å². The molecule has 4 aliphatic carbocycles. The van der Waals surface area contributed by atoms with Gasteiger partial charge >= 0.3 is 5.97 Å². The van der Waals surface area contributed by atoms with Crippen molar-refractivity contribution >= 4 is 23.0 Å². The second-order valence-corrected chi connectivity index (χ2v) is 18.6. The molecule has 7 rings (SSSR count). The summed E-state index contributed by atoms with van der Waals surface area (Å²) in [6.45, 7) is 10.8. The summed E-state index contributed by atoms with van der Waals surface area (Å²) in [7, 11) is 1.92. The highest BCUT2D eigenvalue weighted by Gasteiger charge is 2.60. The largest absolute Gasteiger partial charge is 0.492 e. The van der Waals surface area contributed by atoms with Crippen LogP contribution in [0.25, 0.3) is 11.1 Å². The van der Waals surface area contributed by atoms with Crippen LogP contribution in [0, 0.1) is 46.3 Å². The molecule has 0 aromatic heterocycles. The van der Waals surface area contributed by atoms with Crippen molar-refractivity contribution in [3.05, 3.63) is 102 Å². The first-order valence-electron chi connectivity index (χ1n) is 22.3. The van der Waals surface area contributed by atoms with Gasteiger partial charge in [0.1, 0.15) is 18.5 Å². The van der Waals surface area contributed by atoms with Crippen LogP contribution >= 0.6 is 0 Å². The van der Waals surface area contributed by atoms with Crippen LogP contribution in [0.4, 0.5) is 0 Å². The van der Waals surface area contributed by atoms with Gasteiger partial charge in [0.05, 0.1) is 13.1 Å². The van der Waals surface area contributed by atoms with Crippen LogP contribution in [0.3, 0.4) is 0 Å².